The number of hydrogen-bond acceptors (Lipinski definition) is 4. The molecule has 1 aliphatic rings. The summed E-state index contributed by atoms with van der Waals surface area (Å²) in [6.07, 6.45) is 0.378. The number of likely N-dealkylation sites (tertiary alicyclic amines) is 1. The van der Waals surface area contributed by atoms with E-state index in [-0.39, 0.29) is 17.5 Å². The molecule has 8 heteroatoms. The van der Waals surface area contributed by atoms with Crippen LogP contribution < -0.4 is 5.32 Å². The highest BCUT2D eigenvalue weighted by Gasteiger charge is 2.41. The van der Waals surface area contributed by atoms with Crippen molar-refractivity contribution in [3.8, 4) is 0 Å². The van der Waals surface area contributed by atoms with Crippen molar-refractivity contribution in [2.45, 2.75) is 32.4 Å². The van der Waals surface area contributed by atoms with Gasteiger partial charge in [-0.15, -0.1) is 0 Å². The van der Waals surface area contributed by atoms with Crippen LogP contribution in [0.5, 0.6) is 0 Å². The minimum Gasteiger partial charge on any atom is -0.480 e. The molecule has 0 radical (unpaired) electrons. The largest absolute Gasteiger partial charge is 0.480 e. The average Bonchev–Trinajstić information content (AvgIpc) is 3.13. The summed E-state index contributed by atoms with van der Waals surface area (Å²) in [7, 11) is 0. The number of benzene rings is 1. The maximum absolute atomic E-state index is 12.5. The zero-order valence-corrected chi connectivity index (χ0v) is 14.0. The van der Waals surface area contributed by atoms with Crippen molar-refractivity contribution >= 4 is 28.7 Å². The van der Waals surface area contributed by atoms with Crippen LogP contribution in [0.1, 0.15) is 30.8 Å². The van der Waals surface area contributed by atoms with Crippen LogP contribution in [0.25, 0.3) is 10.9 Å². The molecule has 3 N–H and O–H groups in total. The number of H-pyrrole nitrogens is 1. The number of para-hydroxylation sites is 1. The Kier molecular flexibility index (Phi) is 4.43. The molecule has 3 rings (SSSR count). The SMILES string of the molecule is CC(C)C(C(=O)O)N1CCC(NC(=O)c2n[nH]c3ccccc23)C1=O. The Labute approximate surface area is 144 Å². The van der Waals surface area contributed by atoms with Crippen LogP contribution in [0.4, 0.5) is 0 Å². The standard InChI is InChI=1S/C17H20N4O4/c1-9(2)14(17(24)25)21-8-7-12(16(21)23)18-15(22)13-10-5-3-4-6-11(10)19-20-13/h3-6,9,12,14H,7-8H2,1-2H3,(H,18,22)(H,19,20)(H,24,25). The Morgan fingerprint density at radius 1 is 1.36 bits per heavy atom. The number of carbonyl (C=O) groups is 3. The summed E-state index contributed by atoms with van der Waals surface area (Å²) >= 11 is 0. The minimum atomic E-state index is -1.03. The molecule has 2 amide bonds. The number of aromatic amines is 1. The number of amides is 2. The molecule has 2 unspecified atom stereocenters. The molecule has 1 aromatic heterocycles. The molecular formula is C17H20N4O4. The van der Waals surface area contributed by atoms with Crippen molar-refractivity contribution in [3.05, 3.63) is 30.0 Å². The summed E-state index contributed by atoms with van der Waals surface area (Å²) in [5, 5.41) is 19.5. The molecule has 0 saturated carbocycles. The van der Waals surface area contributed by atoms with Gasteiger partial charge in [-0.05, 0) is 18.4 Å². The van der Waals surface area contributed by atoms with Crippen LogP contribution in [0.15, 0.2) is 24.3 Å². The molecule has 1 aromatic carbocycles. The fraction of sp³-hybridized carbons (Fsp3) is 0.412. The quantitative estimate of drug-likeness (QED) is 0.748. The highest BCUT2D eigenvalue weighted by Crippen LogP contribution is 2.21. The highest BCUT2D eigenvalue weighted by atomic mass is 16.4. The van der Waals surface area contributed by atoms with Crippen molar-refractivity contribution in [3.63, 3.8) is 0 Å². The number of rotatable bonds is 5. The van der Waals surface area contributed by atoms with Crippen LogP contribution in [-0.2, 0) is 9.59 Å². The lowest BCUT2D eigenvalue weighted by atomic mass is 10.0. The van der Waals surface area contributed by atoms with Crippen molar-refractivity contribution < 1.29 is 19.5 Å². The first-order valence-corrected chi connectivity index (χ1v) is 8.17. The molecule has 2 heterocycles. The molecule has 0 bridgehead atoms. The van der Waals surface area contributed by atoms with Crippen molar-refractivity contribution in [1.29, 1.82) is 0 Å². The van der Waals surface area contributed by atoms with Crippen molar-refractivity contribution in [2.24, 2.45) is 5.92 Å². The molecule has 25 heavy (non-hydrogen) atoms. The molecule has 1 aliphatic heterocycles. The number of carboxylic acid groups (broad SMARTS) is 1. The van der Waals surface area contributed by atoms with Gasteiger partial charge in [0, 0.05) is 11.9 Å². The molecule has 2 atom stereocenters. The number of carboxylic acids is 1. The van der Waals surface area contributed by atoms with Gasteiger partial charge in [0.25, 0.3) is 5.91 Å². The van der Waals surface area contributed by atoms with Gasteiger partial charge in [-0.2, -0.15) is 5.10 Å². The zero-order chi connectivity index (χ0) is 18.1. The molecular weight excluding hydrogens is 324 g/mol. The van der Waals surface area contributed by atoms with E-state index in [1.54, 1.807) is 26.0 Å². The maximum atomic E-state index is 12.5. The van der Waals surface area contributed by atoms with E-state index >= 15 is 0 Å². The van der Waals surface area contributed by atoms with E-state index in [4.69, 9.17) is 0 Å². The van der Waals surface area contributed by atoms with Crippen LogP contribution in [0.3, 0.4) is 0 Å². The Balaban J connectivity index is 1.75. The molecule has 8 nitrogen and oxygen atoms in total. The number of aliphatic carboxylic acids is 1. The first-order valence-electron chi connectivity index (χ1n) is 8.17. The van der Waals surface area contributed by atoms with Crippen LogP contribution >= 0.6 is 0 Å². The molecule has 1 saturated heterocycles. The van der Waals surface area contributed by atoms with Gasteiger partial charge in [0.2, 0.25) is 5.91 Å². The predicted octanol–water partition coefficient (Wildman–Crippen LogP) is 1.00. The summed E-state index contributed by atoms with van der Waals surface area (Å²) in [4.78, 5) is 37.8. The first-order chi connectivity index (χ1) is 11.9. The summed E-state index contributed by atoms with van der Waals surface area (Å²) in [6.45, 7) is 3.82. The van der Waals surface area contributed by atoms with Crippen LogP contribution in [0, 0.1) is 5.92 Å². The highest BCUT2D eigenvalue weighted by molar-refractivity contribution is 6.06. The third-order valence-corrected chi connectivity index (χ3v) is 4.45. The van der Waals surface area contributed by atoms with Crippen molar-refractivity contribution in [2.75, 3.05) is 6.54 Å². The Morgan fingerprint density at radius 3 is 2.76 bits per heavy atom. The lowest BCUT2D eigenvalue weighted by Crippen LogP contribution is -2.49. The van der Waals surface area contributed by atoms with E-state index < -0.39 is 24.0 Å². The maximum Gasteiger partial charge on any atom is 0.326 e. The van der Waals surface area contributed by atoms with E-state index in [1.807, 2.05) is 12.1 Å². The number of nitrogens with zero attached hydrogens (tertiary/aromatic N) is 2. The van der Waals surface area contributed by atoms with Crippen LogP contribution in [-0.4, -0.2) is 56.6 Å². The fourth-order valence-electron chi connectivity index (χ4n) is 3.25. The average molecular weight is 344 g/mol. The third-order valence-electron chi connectivity index (χ3n) is 4.45. The van der Waals surface area contributed by atoms with Gasteiger partial charge in [-0.1, -0.05) is 32.0 Å². The lowest BCUT2D eigenvalue weighted by Gasteiger charge is -2.27. The smallest absolute Gasteiger partial charge is 0.326 e. The van der Waals surface area contributed by atoms with Gasteiger partial charge < -0.3 is 15.3 Å². The van der Waals surface area contributed by atoms with Gasteiger partial charge in [-0.25, -0.2) is 4.79 Å². The molecule has 0 aliphatic carbocycles. The second-order valence-electron chi connectivity index (χ2n) is 6.49. The number of nitrogens with one attached hydrogen (secondary N) is 2. The van der Waals surface area contributed by atoms with Gasteiger partial charge >= 0.3 is 5.97 Å². The topological polar surface area (TPSA) is 115 Å². The number of aromatic nitrogens is 2. The second kappa shape index (κ2) is 6.54. The van der Waals surface area contributed by atoms with E-state index in [2.05, 4.69) is 15.5 Å². The number of fused-ring (bicyclic) bond motifs is 1. The van der Waals surface area contributed by atoms with Crippen molar-refractivity contribution in [1.82, 2.24) is 20.4 Å². The Morgan fingerprint density at radius 2 is 2.08 bits per heavy atom. The van der Waals surface area contributed by atoms with E-state index in [9.17, 15) is 19.5 Å². The molecule has 0 spiro atoms. The first kappa shape index (κ1) is 16.9. The fourth-order valence-corrected chi connectivity index (χ4v) is 3.25. The summed E-state index contributed by atoms with van der Waals surface area (Å²) in [6, 6.07) is 5.59. The Bertz CT molecular complexity index is 829. The van der Waals surface area contributed by atoms with Gasteiger partial charge in [0.05, 0.1) is 5.52 Å². The Hall–Kier alpha value is -2.90. The van der Waals surface area contributed by atoms with Gasteiger partial charge in [0.15, 0.2) is 5.69 Å². The third kappa shape index (κ3) is 3.07. The predicted molar refractivity (Wildman–Crippen MR) is 89.9 cm³/mol. The van der Waals surface area contributed by atoms with Gasteiger partial charge in [0.1, 0.15) is 12.1 Å². The number of hydrogen-bond donors (Lipinski definition) is 3. The second-order valence-corrected chi connectivity index (χ2v) is 6.49. The van der Waals surface area contributed by atoms with E-state index in [1.165, 1.54) is 4.90 Å². The summed E-state index contributed by atoms with van der Waals surface area (Å²) < 4.78 is 0. The van der Waals surface area contributed by atoms with E-state index in [0.29, 0.717) is 18.4 Å². The molecule has 132 valence electrons. The van der Waals surface area contributed by atoms with Gasteiger partial charge in [-0.3, -0.25) is 14.7 Å². The normalized spacial score (nSPS) is 18.8. The number of carbonyl (C=O) groups excluding carboxylic acids is 2. The monoisotopic (exact) mass is 344 g/mol. The zero-order valence-electron chi connectivity index (χ0n) is 14.0. The van der Waals surface area contributed by atoms with E-state index in [0.717, 1.165) is 5.52 Å². The minimum absolute atomic E-state index is 0.216. The van der Waals surface area contributed by atoms with Crippen LogP contribution in [0.2, 0.25) is 0 Å². The lowest BCUT2D eigenvalue weighted by molar-refractivity contribution is -0.150. The summed E-state index contributed by atoms with van der Waals surface area (Å²) in [5.41, 5.74) is 0.957. The summed E-state index contributed by atoms with van der Waals surface area (Å²) in [5.74, 6) is -2.07. The molecule has 1 fully saturated rings. The molecule has 2 aromatic rings.